The summed E-state index contributed by atoms with van der Waals surface area (Å²) >= 11 is 1.68. The predicted octanol–water partition coefficient (Wildman–Crippen LogP) is 2.82. The predicted molar refractivity (Wildman–Crippen MR) is 83.3 cm³/mol. The SMILES string of the molecule is CCc1cc2c(NCC3(OC)CCC3)nc(N)nc2s1. The highest BCUT2D eigenvalue weighted by atomic mass is 32.1. The molecule has 20 heavy (non-hydrogen) atoms. The summed E-state index contributed by atoms with van der Waals surface area (Å²) in [4.78, 5) is 10.9. The highest BCUT2D eigenvalue weighted by Crippen LogP contribution is 2.36. The van der Waals surface area contributed by atoms with Gasteiger partial charge in [0.25, 0.3) is 0 Å². The molecule has 0 unspecified atom stereocenters. The highest BCUT2D eigenvalue weighted by molar-refractivity contribution is 7.18. The Morgan fingerprint density at radius 3 is 2.85 bits per heavy atom. The molecular formula is C14H20N4OS. The van der Waals surface area contributed by atoms with Gasteiger partial charge < -0.3 is 15.8 Å². The lowest BCUT2D eigenvalue weighted by molar-refractivity contribution is -0.0601. The molecule has 6 heteroatoms. The zero-order valence-corrected chi connectivity index (χ0v) is 12.7. The number of methoxy groups -OCH3 is 1. The van der Waals surface area contributed by atoms with Crippen molar-refractivity contribution in [2.75, 3.05) is 24.7 Å². The molecule has 1 aliphatic rings. The second kappa shape index (κ2) is 5.18. The van der Waals surface area contributed by atoms with Crippen LogP contribution in [-0.2, 0) is 11.2 Å². The molecule has 2 heterocycles. The highest BCUT2D eigenvalue weighted by Gasteiger charge is 2.36. The maximum atomic E-state index is 5.81. The number of nitrogen functional groups attached to an aromatic ring is 1. The third-order valence-corrected chi connectivity index (χ3v) is 5.26. The summed E-state index contributed by atoms with van der Waals surface area (Å²) in [5.41, 5.74) is 5.77. The monoisotopic (exact) mass is 292 g/mol. The fourth-order valence-electron chi connectivity index (χ4n) is 2.57. The summed E-state index contributed by atoms with van der Waals surface area (Å²) in [5.74, 6) is 1.15. The van der Waals surface area contributed by atoms with Crippen molar-refractivity contribution < 1.29 is 4.74 Å². The first-order chi connectivity index (χ1) is 9.65. The fraction of sp³-hybridized carbons (Fsp3) is 0.571. The molecule has 0 radical (unpaired) electrons. The van der Waals surface area contributed by atoms with E-state index in [0.717, 1.165) is 41.8 Å². The van der Waals surface area contributed by atoms with E-state index in [1.165, 1.54) is 11.3 Å². The van der Waals surface area contributed by atoms with Gasteiger partial charge in [0, 0.05) is 18.5 Å². The van der Waals surface area contributed by atoms with Crippen LogP contribution in [-0.4, -0.2) is 29.2 Å². The zero-order valence-electron chi connectivity index (χ0n) is 11.9. The summed E-state index contributed by atoms with van der Waals surface area (Å²) in [6.07, 6.45) is 4.44. The first-order valence-electron chi connectivity index (χ1n) is 7.01. The topological polar surface area (TPSA) is 73.1 Å². The molecular weight excluding hydrogens is 272 g/mol. The minimum absolute atomic E-state index is 0.0321. The minimum Gasteiger partial charge on any atom is -0.376 e. The summed E-state index contributed by atoms with van der Waals surface area (Å²) < 4.78 is 5.63. The van der Waals surface area contributed by atoms with Gasteiger partial charge in [-0.05, 0) is 31.7 Å². The lowest BCUT2D eigenvalue weighted by atomic mass is 9.80. The molecule has 1 saturated carbocycles. The Labute approximate surface area is 122 Å². The molecule has 0 atom stereocenters. The van der Waals surface area contributed by atoms with Crippen molar-refractivity contribution in [3.05, 3.63) is 10.9 Å². The van der Waals surface area contributed by atoms with Crippen molar-refractivity contribution in [1.29, 1.82) is 0 Å². The van der Waals surface area contributed by atoms with Gasteiger partial charge in [0.05, 0.1) is 11.0 Å². The van der Waals surface area contributed by atoms with E-state index in [9.17, 15) is 0 Å². The van der Waals surface area contributed by atoms with Gasteiger partial charge in [0.2, 0.25) is 5.95 Å². The lowest BCUT2D eigenvalue weighted by Crippen LogP contribution is -2.45. The minimum atomic E-state index is -0.0321. The number of thiophene rings is 1. The number of nitrogens with two attached hydrogens (primary N) is 1. The quantitative estimate of drug-likeness (QED) is 0.886. The molecule has 3 N–H and O–H groups in total. The molecule has 5 nitrogen and oxygen atoms in total. The number of aryl methyl sites for hydroxylation is 1. The van der Waals surface area contributed by atoms with Crippen LogP contribution in [0.4, 0.5) is 11.8 Å². The molecule has 3 rings (SSSR count). The number of fused-ring (bicyclic) bond motifs is 1. The maximum Gasteiger partial charge on any atom is 0.223 e. The first kappa shape index (κ1) is 13.6. The summed E-state index contributed by atoms with van der Waals surface area (Å²) in [6.45, 7) is 2.91. The number of aromatic nitrogens is 2. The summed E-state index contributed by atoms with van der Waals surface area (Å²) in [6, 6.07) is 2.15. The molecule has 0 saturated heterocycles. The molecule has 0 amide bonds. The first-order valence-corrected chi connectivity index (χ1v) is 7.82. The largest absolute Gasteiger partial charge is 0.376 e. The summed E-state index contributed by atoms with van der Waals surface area (Å²) in [5, 5.41) is 4.47. The molecule has 0 spiro atoms. The Bertz CT molecular complexity index is 615. The molecule has 1 fully saturated rings. The Morgan fingerprint density at radius 2 is 2.25 bits per heavy atom. The van der Waals surface area contributed by atoms with Crippen LogP contribution < -0.4 is 11.1 Å². The van der Waals surface area contributed by atoms with Gasteiger partial charge in [0.1, 0.15) is 10.6 Å². The molecule has 1 aliphatic carbocycles. The zero-order chi connectivity index (χ0) is 14.2. The van der Waals surface area contributed by atoms with E-state index in [4.69, 9.17) is 10.5 Å². The molecule has 2 aromatic rings. The van der Waals surface area contributed by atoms with Gasteiger partial charge in [0.15, 0.2) is 0 Å². The molecule has 2 aromatic heterocycles. The molecule has 0 aliphatic heterocycles. The number of ether oxygens (including phenoxy) is 1. The van der Waals surface area contributed by atoms with Gasteiger partial charge in [-0.1, -0.05) is 6.92 Å². The number of rotatable bonds is 5. The standard InChI is InChI=1S/C14H20N4OS/c1-3-9-7-10-11(17-13(15)18-12(10)20-9)16-8-14(19-2)5-4-6-14/h7H,3-6,8H2,1-2H3,(H3,15,16,17,18). The van der Waals surface area contributed by atoms with E-state index >= 15 is 0 Å². The van der Waals surface area contributed by atoms with Crippen LogP contribution in [0.5, 0.6) is 0 Å². The molecule has 108 valence electrons. The van der Waals surface area contributed by atoms with Gasteiger partial charge >= 0.3 is 0 Å². The van der Waals surface area contributed by atoms with Crippen LogP contribution in [0.3, 0.4) is 0 Å². The van der Waals surface area contributed by atoms with Gasteiger partial charge in [-0.3, -0.25) is 0 Å². The summed E-state index contributed by atoms with van der Waals surface area (Å²) in [7, 11) is 1.78. The Hall–Kier alpha value is -1.40. The van der Waals surface area contributed by atoms with E-state index in [2.05, 4.69) is 28.3 Å². The van der Waals surface area contributed by atoms with E-state index in [-0.39, 0.29) is 5.60 Å². The van der Waals surface area contributed by atoms with Gasteiger partial charge in [-0.15, -0.1) is 11.3 Å². The van der Waals surface area contributed by atoms with Crippen LogP contribution in [0.1, 0.15) is 31.1 Å². The third kappa shape index (κ3) is 2.33. The van der Waals surface area contributed by atoms with E-state index in [1.807, 2.05) is 0 Å². The van der Waals surface area contributed by atoms with Gasteiger partial charge in [-0.2, -0.15) is 4.98 Å². The lowest BCUT2D eigenvalue weighted by Gasteiger charge is -2.40. The van der Waals surface area contributed by atoms with Crippen LogP contribution in [0.2, 0.25) is 0 Å². The molecule has 0 bridgehead atoms. The fourth-order valence-corrected chi connectivity index (χ4v) is 3.54. The van der Waals surface area contributed by atoms with Crippen molar-refractivity contribution in [3.8, 4) is 0 Å². The van der Waals surface area contributed by atoms with Crippen molar-refractivity contribution in [2.24, 2.45) is 0 Å². The van der Waals surface area contributed by atoms with Crippen molar-refractivity contribution in [1.82, 2.24) is 9.97 Å². The normalized spacial score (nSPS) is 17.1. The maximum absolute atomic E-state index is 5.81. The van der Waals surface area contributed by atoms with E-state index in [1.54, 1.807) is 18.4 Å². The second-order valence-corrected chi connectivity index (χ2v) is 6.42. The number of hydrogen-bond donors (Lipinski definition) is 2. The second-order valence-electron chi connectivity index (χ2n) is 5.31. The van der Waals surface area contributed by atoms with Crippen LogP contribution in [0.25, 0.3) is 10.2 Å². The van der Waals surface area contributed by atoms with Crippen LogP contribution in [0.15, 0.2) is 6.07 Å². The van der Waals surface area contributed by atoms with Crippen molar-refractivity contribution >= 4 is 33.3 Å². The van der Waals surface area contributed by atoms with Crippen LogP contribution >= 0.6 is 11.3 Å². The average Bonchev–Trinajstić information content (AvgIpc) is 2.80. The van der Waals surface area contributed by atoms with Crippen LogP contribution in [0, 0.1) is 0 Å². The Balaban J connectivity index is 1.88. The number of nitrogens with one attached hydrogen (secondary N) is 1. The van der Waals surface area contributed by atoms with Gasteiger partial charge in [-0.25, -0.2) is 4.98 Å². The number of nitrogens with zero attached hydrogens (tertiary/aromatic N) is 2. The number of hydrogen-bond acceptors (Lipinski definition) is 6. The average molecular weight is 292 g/mol. The third-order valence-electron chi connectivity index (χ3n) is 4.09. The number of anilines is 2. The van der Waals surface area contributed by atoms with E-state index in [0.29, 0.717) is 5.95 Å². The van der Waals surface area contributed by atoms with E-state index < -0.39 is 0 Å². The smallest absolute Gasteiger partial charge is 0.223 e. The van der Waals surface area contributed by atoms with Crippen molar-refractivity contribution in [3.63, 3.8) is 0 Å². The Morgan fingerprint density at radius 1 is 1.45 bits per heavy atom. The molecule has 0 aromatic carbocycles. The van der Waals surface area contributed by atoms with Crippen molar-refractivity contribution in [2.45, 2.75) is 38.2 Å². The Kier molecular flexibility index (Phi) is 3.52.